The smallest absolute Gasteiger partial charge is 0.0648 e. The standard InChI is InChI=1S/C37H25N3/c1-2-10-24(11-3-1)26-20-27(23-38-22-26)39-33-16-8-5-13-28(33)29-18-19-31-35-21-25-12-4-7-15-32(25)40(35)34-17-9-6-14-30(34)36(31)37(29)39/h1-17,19-23,29H,18H2. The van der Waals surface area contributed by atoms with Gasteiger partial charge in [0.05, 0.1) is 28.4 Å². The van der Waals surface area contributed by atoms with Crippen LogP contribution in [0.1, 0.15) is 17.9 Å². The fraction of sp³-hybridized carbons (Fsp3) is 0.0541. The first kappa shape index (κ1) is 21.7. The third-order valence-electron chi connectivity index (χ3n) is 8.70. The summed E-state index contributed by atoms with van der Waals surface area (Å²) in [5.41, 5.74) is 11.2. The van der Waals surface area contributed by atoms with E-state index in [1.807, 2.05) is 12.4 Å². The van der Waals surface area contributed by atoms with E-state index in [-0.39, 0.29) is 0 Å². The van der Waals surface area contributed by atoms with Gasteiger partial charge in [0.2, 0.25) is 0 Å². The van der Waals surface area contributed by atoms with Crippen LogP contribution in [0.3, 0.4) is 0 Å². The average molecular weight is 512 g/mol. The van der Waals surface area contributed by atoms with Crippen LogP contribution in [0.5, 0.6) is 0 Å². The third kappa shape index (κ3) is 2.92. The van der Waals surface area contributed by atoms with Crippen LogP contribution in [0.4, 0.5) is 11.4 Å². The van der Waals surface area contributed by atoms with E-state index >= 15 is 0 Å². The lowest BCUT2D eigenvalue weighted by atomic mass is 9.88. The predicted molar refractivity (Wildman–Crippen MR) is 165 cm³/mol. The van der Waals surface area contributed by atoms with Crippen molar-refractivity contribution in [1.82, 2.24) is 9.38 Å². The highest BCUT2D eigenvalue weighted by Gasteiger charge is 2.37. The van der Waals surface area contributed by atoms with Crippen LogP contribution in [0.2, 0.25) is 0 Å². The molecule has 0 amide bonds. The summed E-state index contributed by atoms with van der Waals surface area (Å²) in [6.45, 7) is 0. The van der Waals surface area contributed by atoms with Crippen molar-refractivity contribution in [3.63, 3.8) is 0 Å². The maximum atomic E-state index is 4.75. The molecule has 1 atom stereocenters. The summed E-state index contributed by atoms with van der Waals surface area (Å²) in [5.74, 6) is 0.291. The average Bonchev–Trinajstić information content (AvgIpc) is 3.58. The molecular weight excluding hydrogens is 486 g/mol. The summed E-state index contributed by atoms with van der Waals surface area (Å²) in [6.07, 6.45) is 7.43. The molecule has 7 aromatic rings. The van der Waals surface area contributed by atoms with Gasteiger partial charge in [0.15, 0.2) is 0 Å². The first-order chi connectivity index (χ1) is 19.9. The molecule has 4 heterocycles. The Morgan fingerprint density at radius 1 is 0.650 bits per heavy atom. The van der Waals surface area contributed by atoms with E-state index in [4.69, 9.17) is 4.98 Å². The number of hydrogen-bond acceptors (Lipinski definition) is 2. The molecule has 1 unspecified atom stereocenters. The molecule has 188 valence electrons. The number of hydrogen-bond donors (Lipinski definition) is 0. The number of aromatic nitrogens is 2. The summed E-state index contributed by atoms with van der Waals surface area (Å²) in [5, 5.41) is 5.22. The minimum absolute atomic E-state index is 0.291. The zero-order valence-corrected chi connectivity index (χ0v) is 21.8. The topological polar surface area (TPSA) is 20.5 Å². The molecule has 0 N–H and O–H groups in total. The van der Waals surface area contributed by atoms with Crippen LogP contribution in [-0.2, 0) is 0 Å². The Labute approximate surface area is 231 Å². The van der Waals surface area contributed by atoms with Gasteiger partial charge in [-0.05, 0) is 47.9 Å². The SMILES string of the molecule is C1=c2c(c3ccccc3n3c2cc2ccccc23)=C2C(C1)c1ccccc1N2c1cncc(-c2ccccc2)c1. The van der Waals surface area contributed by atoms with E-state index in [2.05, 4.69) is 131 Å². The number of benzene rings is 4. The van der Waals surface area contributed by atoms with E-state index in [0.29, 0.717) is 5.92 Å². The van der Waals surface area contributed by atoms with Gasteiger partial charge in [0.25, 0.3) is 0 Å². The highest BCUT2D eigenvalue weighted by Crippen LogP contribution is 2.50. The van der Waals surface area contributed by atoms with Gasteiger partial charge >= 0.3 is 0 Å². The highest BCUT2D eigenvalue weighted by molar-refractivity contribution is 6.00. The number of fused-ring (bicyclic) bond motifs is 11. The van der Waals surface area contributed by atoms with Gasteiger partial charge in [-0.15, -0.1) is 0 Å². The quantitative estimate of drug-likeness (QED) is 0.239. The normalized spacial score (nSPS) is 15.8. The molecule has 0 saturated heterocycles. The fourth-order valence-electron chi connectivity index (χ4n) is 7.04. The second-order valence-corrected chi connectivity index (χ2v) is 10.8. The Bertz CT molecular complexity index is 2260. The Balaban J connectivity index is 1.44. The van der Waals surface area contributed by atoms with E-state index in [1.54, 1.807) is 0 Å². The molecule has 3 heteroatoms. The number of anilines is 2. The summed E-state index contributed by atoms with van der Waals surface area (Å²) in [4.78, 5) is 7.23. The summed E-state index contributed by atoms with van der Waals surface area (Å²) in [6, 6.07) is 41.7. The van der Waals surface area contributed by atoms with E-state index in [0.717, 1.165) is 17.7 Å². The van der Waals surface area contributed by atoms with Gasteiger partial charge in [-0.25, -0.2) is 0 Å². The second kappa shape index (κ2) is 8.17. The molecule has 9 rings (SSSR count). The fourth-order valence-corrected chi connectivity index (χ4v) is 7.04. The van der Waals surface area contributed by atoms with Crippen LogP contribution in [0.25, 0.3) is 50.2 Å². The van der Waals surface area contributed by atoms with Crippen LogP contribution in [0.15, 0.2) is 128 Å². The third-order valence-corrected chi connectivity index (χ3v) is 8.70. The maximum Gasteiger partial charge on any atom is 0.0648 e. The van der Waals surface area contributed by atoms with Crippen molar-refractivity contribution in [2.75, 3.05) is 4.90 Å². The van der Waals surface area contributed by atoms with Gasteiger partial charge in [-0.3, -0.25) is 4.98 Å². The summed E-state index contributed by atoms with van der Waals surface area (Å²) >= 11 is 0. The Kier molecular flexibility index (Phi) is 4.44. The lowest BCUT2D eigenvalue weighted by Gasteiger charge is -2.26. The minimum Gasteiger partial charge on any atom is -0.311 e. The number of rotatable bonds is 2. The van der Waals surface area contributed by atoms with Crippen molar-refractivity contribution in [2.45, 2.75) is 12.3 Å². The Hall–Kier alpha value is -5.15. The number of pyridine rings is 2. The summed E-state index contributed by atoms with van der Waals surface area (Å²) in [7, 11) is 0. The molecular formula is C37H25N3. The number of nitrogens with zero attached hydrogens (tertiary/aromatic N) is 3. The first-order valence-electron chi connectivity index (χ1n) is 13.9. The van der Waals surface area contributed by atoms with Crippen LogP contribution in [-0.4, -0.2) is 9.38 Å². The van der Waals surface area contributed by atoms with E-state index in [9.17, 15) is 0 Å². The molecule has 2 aliphatic rings. The number of para-hydroxylation sites is 3. The Morgan fingerprint density at radius 2 is 1.43 bits per heavy atom. The zero-order chi connectivity index (χ0) is 26.2. The molecule has 0 bridgehead atoms. The monoisotopic (exact) mass is 511 g/mol. The first-order valence-corrected chi connectivity index (χ1v) is 13.9. The van der Waals surface area contributed by atoms with Crippen molar-refractivity contribution in [1.29, 1.82) is 0 Å². The van der Waals surface area contributed by atoms with Gasteiger partial charge in [0, 0.05) is 50.3 Å². The summed E-state index contributed by atoms with van der Waals surface area (Å²) < 4.78 is 2.45. The molecule has 4 aromatic carbocycles. The minimum atomic E-state index is 0.291. The molecule has 3 aromatic heterocycles. The molecule has 1 aliphatic heterocycles. The second-order valence-electron chi connectivity index (χ2n) is 10.8. The lowest BCUT2D eigenvalue weighted by molar-refractivity contribution is 0.911. The lowest BCUT2D eigenvalue weighted by Crippen LogP contribution is -2.37. The molecule has 0 radical (unpaired) electrons. The van der Waals surface area contributed by atoms with Crippen LogP contribution in [0, 0.1) is 0 Å². The van der Waals surface area contributed by atoms with Gasteiger partial charge in [-0.2, -0.15) is 0 Å². The van der Waals surface area contributed by atoms with Gasteiger partial charge in [0.1, 0.15) is 0 Å². The van der Waals surface area contributed by atoms with Gasteiger partial charge < -0.3 is 9.30 Å². The molecule has 0 spiro atoms. The maximum absolute atomic E-state index is 4.75. The van der Waals surface area contributed by atoms with Crippen molar-refractivity contribution < 1.29 is 0 Å². The highest BCUT2D eigenvalue weighted by atomic mass is 15.2. The van der Waals surface area contributed by atoms with E-state index in [1.165, 1.54) is 60.3 Å². The molecule has 1 aliphatic carbocycles. The van der Waals surface area contributed by atoms with Gasteiger partial charge in [-0.1, -0.05) is 91.0 Å². The van der Waals surface area contributed by atoms with Crippen LogP contribution >= 0.6 is 0 Å². The van der Waals surface area contributed by atoms with Crippen molar-refractivity contribution in [3.8, 4) is 11.1 Å². The molecule has 3 nitrogen and oxygen atoms in total. The zero-order valence-electron chi connectivity index (χ0n) is 21.8. The predicted octanol–water partition coefficient (Wildman–Crippen LogP) is 7.54. The molecule has 0 fully saturated rings. The van der Waals surface area contributed by atoms with Crippen LogP contribution < -0.4 is 15.3 Å². The van der Waals surface area contributed by atoms with Crippen molar-refractivity contribution in [2.24, 2.45) is 0 Å². The van der Waals surface area contributed by atoms with E-state index < -0.39 is 0 Å². The largest absolute Gasteiger partial charge is 0.311 e. The van der Waals surface area contributed by atoms with Crippen molar-refractivity contribution in [3.05, 3.63) is 144 Å². The van der Waals surface area contributed by atoms with Crippen molar-refractivity contribution >= 4 is 50.5 Å². The molecule has 0 saturated carbocycles. The molecule has 40 heavy (non-hydrogen) atoms. The Morgan fingerprint density at radius 3 is 2.35 bits per heavy atom.